The molecule has 2 aromatic rings. The van der Waals surface area contributed by atoms with Gasteiger partial charge in [-0.3, -0.25) is 0 Å². The van der Waals surface area contributed by atoms with E-state index >= 15 is 0 Å². The second kappa shape index (κ2) is 4.78. The second-order valence-corrected chi connectivity index (χ2v) is 5.27. The fourth-order valence-electron chi connectivity index (χ4n) is 2.50. The van der Waals surface area contributed by atoms with Crippen molar-refractivity contribution in [2.45, 2.75) is 12.0 Å². The zero-order valence-electron chi connectivity index (χ0n) is 10.5. The minimum atomic E-state index is -1.05. The SMILES string of the molecule is N#Cc1ccc(Cl)cc1N1CC[C@](O)(c2cn[nH]n2)C1. The third-order valence-electron chi connectivity index (χ3n) is 3.56. The number of rotatable bonds is 2. The number of nitrogens with zero attached hydrogens (tertiary/aromatic N) is 4. The second-order valence-electron chi connectivity index (χ2n) is 4.83. The molecule has 0 bridgehead atoms. The van der Waals surface area contributed by atoms with Crippen LogP contribution in [0.25, 0.3) is 0 Å². The van der Waals surface area contributed by atoms with Gasteiger partial charge in [0.1, 0.15) is 17.4 Å². The number of β-amino-alcohol motifs (C(OH)–C–C–N with tert-alkyl or cyclic N) is 1. The molecule has 1 aromatic carbocycles. The summed E-state index contributed by atoms with van der Waals surface area (Å²) in [6, 6.07) is 7.26. The van der Waals surface area contributed by atoms with Crippen LogP contribution in [0.3, 0.4) is 0 Å². The predicted molar refractivity (Wildman–Crippen MR) is 73.3 cm³/mol. The lowest BCUT2D eigenvalue weighted by Crippen LogP contribution is -2.31. The van der Waals surface area contributed by atoms with Crippen LogP contribution in [0, 0.1) is 11.3 Å². The van der Waals surface area contributed by atoms with Crippen molar-refractivity contribution in [1.82, 2.24) is 15.4 Å². The minimum Gasteiger partial charge on any atom is -0.381 e. The van der Waals surface area contributed by atoms with Crippen LogP contribution >= 0.6 is 11.6 Å². The van der Waals surface area contributed by atoms with Gasteiger partial charge in [0.15, 0.2) is 0 Å². The average Bonchev–Trinajstić information content (AvgIpc) is 3.08. The fourth-order valence-corrected chi connectivity index (χ4v) is 2.66. The van der Waals surface area contributed by atoms with Gasteiger partial charge in [0.2, 0.25) is 0 Å². The third-order valence-corrected chi connectivity index (χ3v) is 3.80. The molecule has 0 unspecified atom stereocenters. The summed E-state index contributed by atoms with van der Waals surface area (Å²) in [6.07, 6.45) is 2.05. The zero-order valence-corrected chi connectivity index (χ0v) is 11.3. The first-order valence-electron chi connectivity index (χ1n) is 6.16. The van der Waals surface area contributed by atoms with E-state index in [9.17, 15) is 10.4 Å². The number of anilines is 1. The van der Waals surface area contributed by atoms with Gasteiger partial charge >= 0.3 is 0 Å². The molecule has 2 N–H and O–H groups in total. The van der Waals surface area contributed by atoms with Crippen LogP contribution in [-0.4, -0.2) is 33.6 Å². The van der Waals surface area contributed by atoms with Crippen LogP contribution in [0.2, 0.25) is 5.02 Å². The van der Waals surface area contributed by atoms with Gasteiger partial charge in [0.05, 0.1) is 24.0 Å². The molecular formula is C13H12ClN5O. The highest BCUT2D eigenvalue weighted by atomic mass is 35.5. The van der Waals surface area contributed by atoms with E-state index < -0.39 is 5.60 Å². The van der Waals surface area contributed by atoms with E-state index in [0.717, 1.165) is 5.69 Å². The molecule has 1 aliphatic rings. The molecule has 0 saturated carbocycles. The first kappa shape index (κ1) is 12.9. The monoisotopic (exact) mass is 289 g/mol. The summed E-state index contributed by atoms with van der Waals surface area (Å²) in [5.74, 6) is 0. The van der Waals surface area contributed by atoms with E-state index in [1.54, 1.807) is 18.2 Å². The summed E-state index contributed by atoms with van der Waals surface area (Å²) >= 11 is 6.00. The Morgan fingerprint density at radius 2 is 2.35 bits per heavy atom. The Kier molecular flexibility index (Phi) is 3.08. The molecule has 102 valence electrons. The molecule has 0 radical (unpaired) electrons. The normalized spacial score (nSPS) is 21.9. The number of hydrogen-bond acceptors (Lipinski definition) is 5. The van der Waals surface area contributed by atoms with Gasteiger partial charge in [-0.2, -0.15) is 20.7 Å². The topological polar surface area (TPSA) is 88.8 Å². The molecule has 1 atom stereocenters. The Balaban J connectivity index is 1.92. The van der Waals surface area contributed by atoms with Gasteiger partial charge in [-0.05, 0) is 18.2 Å². The molecule has 1 saturated heterocycles. The molecule has 0 spiro atoms. The van der Waals surface area contributed by atoms with Crippen molar-refractivity contribution in [1.29, 1.82) is 5.26 Å². The third kappa shape index (κ3) is 2.11. The molecule has 6 nitrogen and oxygen atoms in total. The molecule has 2 heterocycles. The van der Waals surface area contributed by atoms with Crippen molar-refractivity contribution < 1.29 is 5.11 Å². The number of nitriles is 1. The predicted octanol–water partition coefficient (Wildman–Crippen LogP) is 1.43. The van der Waals surface area contributed by atoms with Gasteiger partial charge in [0, 0.05) is 18.0 Å². The van der Waals surface area contributed by atoms with Crippen LogP contribution in [-0.2, 0) is 5.60 Å². The standard InChI is InChI=1S/C13H12ClN5O/c14-10-2-1-9(6-15)11(5-10)19-4-3-13(20,8-19)12-7-16-18-17-12/h1-2,5,7,20H,3-4,8H2,(H,16,17,18)/t13-/m1/s1. The quantitative estimate of drug-likeness (QED) is 0.873. The molecule has 7 heteroatoms. The Labute approximate surface area is 120 Å². The summed E-state index contributed by atoms with van der Waals surface area (Å²) in [5, 5.41) is 30.6. The lowest BCUT2D eigenvalue weighted by atomic mass is 10.00. The summed E-state index contributed by atoms with van der Waals surface area (Å²) in [6.45, 7) is 0.979. The lowest BCUT2D eigenvalue weighted by Gasteiger charge is -2.23. The smallest absolute Gasteiger partial charge is 0.129 e. The number of benzene rings is 1. The first-order valence-corrected chi connectivity index (χ1v) is 6.53. The van der Waals surface area contributed by atoms with Crippen molar-refractivity contribution in [3.8, 4) is 6.07 Å². The molecular weight excluding hydrogens is 278 g/mol. The Morgan fingerprint density at radius 3 is 3.05 bits per heavy atom. The van der Waals surface area contributed by atoms with Crippen molar-refractivity contribution in [2.24, 2.45) is 0 Å². The summed E-state index contributed by atoms with van der Waals surface area (Å²) in [5.41, 5.74) is 0.737. The molecule has 0 amide bonds. The fraction of sp³-hybridized carbons (Fsp3) is 0.308. The van der Waals surface area contributed by atoms with Crippen molar-refractivity contribution in [3.63, 3.8) is 0 Å². The largest absolute Gasteiger partial charge is 0.381 e. The number of nitrogens with one attached hydrogen (secondary N) is 1. The van der Waals surface area contributed by atoms with Crippen molar-refractivity contribution >= 4 is 17.3 Å². The summed E-state index contributed by atoms with van der Waals surface area (Å²) in [4.78, 5) is 1.94. The lowest BCUT2D eigenvalue weighted by molar-refractivity contribution is 0.0560. The maximum Gasteiger partial charge on any atom is 0.129 e. The van der Waals surface area contributed by atoms with Gasteiger partial charge in [0.25, 0.3) is 0 Å². The van der Waals surface area contributed by atoms with Crippen LogP contribution < -0.4 is 4.90 Å². The highest BCUT2D eigenvalue weighted by Crippen LogP contribution is 2.35. The number of H-pyrrole nitrogens is 1. The van der Waals surface area contributed by atoms with Crippen LogP contribution in [0.15, 0.2) is 24.4 Å². The molecule has 3 rings (SSSR count). The van der Waals surface area contributed by atoms with E-state index in [1.807, 2.05) is 4.90 Å². The Bertz CT molecular complexity index is 666. The number of aliphatic hydroxyl groups is 1. The van der Waals surface area contributed by atoms with Crippen molar-refractivity contribution in [3.05, 3.63) is 40.7 Å². The Hall–Kier alpha value is -2.10. The van der Waals surface area contributed by atoms with E-state index in [4.69, 9.17) is 11.6 Å². The average molecular weight is 290 g/mol. The minimum absolute atomic E-state index is 0.356. The number of aromatic nitrogens is 3. The number of halogens is 1. The maximum absolute atomic E-state index is 10.6. The molecule has 20 heavy (non-hydrogen) atoms. The van der Waals surface area contributed by atoms with E-state index in [1.165, 1.54) is 6.20 Å². The van der Waals surface area contributed by atoms with Gasteiger partial charge in [-0.15, -0.1) is 0 Å². The maximum atomic E-state index is 10.6. The van der Waals surface area contributed by atoms with E-state index in [2.05, 4.69) is 21.5 Å². The number of aromatic amines is 1. The highest BCUT2D eigenvalue weighted by molar-refractivity contribution is 6.30. The van der Waals surface area contributed by atoms with Crippen LogP contribution in [0.5, 0.6) is 0 Å². The molecule has 1 aromatic heterocycles. The molecule has 1 aliphatic heterocycles. The highest BCUT2D eigenvalue weighted by Gasteiger charge is 2.40. The van der Waals surface area contributed by atoms with E-state index in [0.29, 0.717) is 35.8 Å². The van der Waals surface area contributed by atoms with E-state index in [-0.39, 0.29) is 0 Å². The molecule has 0 aliphatic carbocycles. The van der Waals surface area contributed by atoms with Gasteiger partial charge in [-0.1, -0.05) is 11.6 Å². The molecule has 1 fully saturated rings. The summed E-state index contributed by atoms with van der Waals surface area (Å²) in [7, 11) is 0. The Morgan fingerprint density at radius 1 is 1.50 bits per heavy atom. The number of hydrogen-bond donors (Lipinski definition) is 2. The summed E-state index contributed by atoms with van der Waals surface area (Å²) < 4.78 is 0. The zero-order chi connectivity index (χ0) is 14.2. The van der Waals surface area contributed by atoms with Crippen LogP contribution in [0.1, 0.15) is 17.7 Å². The first-order chi connectivity index (χ1) is 9.62. The van der Waals surface area contributed by atoms with Gasteiger partial charge in [-0.25, -0.2) is 0 Å². The van der Waals surface area contributed by atoms with Crippen molar-refractivity contribution in [2.75, 3.05) is 18.0 Å². The van der Waals surface area contributed by atoms with Crippen LogP contribution in [0.4, 0.5) is 5.69 Å². The van der Waals surface area contributed by atoms with Gasteiger partial charge < -0.3 is 10.0 Å².